The van der Waals surface area contributed by atoms with Gasteiger partial charge in [-0.15, -0.1) is 11.3 Å². The van der Waals surface area contributed by atoms with Crippen molar-refractivity contribution in [3.8, 4) is 5.75 Å². The average molecular weight is 381 g/mol. The highest BCUT2D eigenvalue weighted by Gasteiger charge is 2.29. The number of hydrogen-bond acceptors (Lipinski definition) is 5. The van der Waals surface area contributed by atoms with Crippen LogP contribution in [0.3, 0.4) is 0 Å². The predicted octanol–water partition coefficient (Wildman–Crippen LogP) is 2.61. The van der Waals surface area contributed by atoms with Gasteiger partial charge >= 0.3 is 0 Å². The molecule has 7 heteroatoms. The smallest absolute Gasteiger partial charge is 0.252 e. The van der Waals surface area contributed by atoms with Gasteiger partial charge in [0.2, 0.25) is 0 Å². The zero-order valence-corrected chi connectivity index (χ0v) is 16.3. The maximum atomic E-state index is 12.7. The Bertz CT molecular complexity index is 792. The highest BCUT2D eigenvalue weighted by molar-refractivity contribution is 7.91. The summed E-state index contributed by atoms with van der Waals surface area (Å²) in [6, 6.07) is 11.7. The van der Waals surface area contributed by atoms with Crippen LogP contribution in [0.2, 0.25) is 0 Å². The number of benzene rings is 1. The molecular weight excluding hydrogens is 356 g/mol. The maximum Gasteiger partial charge on any atom is 0.252 e. The number of thiophene rings is 1. The van der Waals surface area contributed by atoms with Crippen LogP contribution in [0.5, 0.6) is 5.75 Å². The number of sulfonamides is 1. The van der Waals surface area contributed by atoms with Crippen LogP contribution in [-0.2, 0) is 16.4 Å². The van der Waals surface area contributed by atoms with E-state index in [-0.39, 0.29) is 0 Å². The lowest BCUT2D eigenvalue weighted by molar-refractivity contribution is 0.190. The molecule has 25 heavy (non-hydrogen) atoms. The lowest BCUT2D eigenvalue weighted by atomic mass is 10.1. The van der Waals surface area contributed by atoms with Gasteiger partial charge in [-0.25, -0.2) is 8.42 Å². The molecule has 3 rings (SSSR count). The summed E-state index contributed by atoms with van der Waals surface area (Å²) in [5.74, 6) is 0.867. The summed E-state index contributed by atoms with van der Waals surface area (Å²) in [6.45, 7) is 5.54. The van der Waals surface area contributed by atoms with Crippen LogP contribution in [0.25, 0.3) is 0 Å². The number of nitrogens with zero attached hydrogens (tertiary/aromatic N) is 2. The molecule has 1 aromatic heterocycles. The van der Waals surface area contributed by atoms with Crippen molar-refractivity contribution in [2.24, 2.45) is 0 Å². The SMILES string of the molecule is COc1ccc(CCN2CCN(S(=O)(=O)c3ccc(C)s3)CC2)cc1. The summed E-state index contributed by atoms with van der Waals surface area (Å²) in [5, 5.41) is 0. The first-order valence-electron chi connectivity index (χ1n) is 8.41. The van der Waals surface area contributed by atoms with Gasteiger partial charge in [-0.2, -0.15) is 4.31 Å². The minimum Gasteiger partial charge on any atom is -0.497 e. The molecule has 0 amide bonds. The summed E-state index contributed by atoms with van der Waals surface area (Å²) in [7, 11) is -1.66. The first-order chi connectivity index (χ1) is 12.0. The van der Waals surface area contributed by atoms with E-state index in [1.54, 1.807) is 17.5 Å². The second-order valence-electron chi connectivity index (χ2n) is 6.21. The number of piperazine rings is 1. The average Bonchev–Trinajstić information content (AvgIpc) is 3.08. The molecule has 0 spiro atoms. The molecule has 0 unspecified atom stereocenters. The minimum absolute atomic E-state index is 0.455. The fourth-order valence-corrected chi connectivity index (χ4v) is 5.81. The molecule has 0 bridgehead atoms. The largest absolute Gasteiger partial charge is 0.497 e. The summed E-state index contributed by atoms with van der Waals surface area (Å²) >= 11 is 1.35. The van der Waals surface area contributed by atoms with Crippen LogP contribution < -0.4 is 4.74 Å². The van der Waals surface area contributed by atoms with Gasteiger partial charge in [-0.05, 0) is 43.2 Å². The van der Waals surface area contributed by atoms with Crippen molar-refractivity contribution in [1.29, 1.82) is 0 Å². The van der Waals surface area contributed by atoms with Crippen molar-refractivity contribution < 1.29 is 13.2 Å². The lowest BCUT2D eigenvalue weighted by Crippen LogP contribution is -2.48. The molecule has 2 aromatic rings. The van der Waals surface area contributed by atoms with Crippen molar-refractivity contribution >= 4 is 21.4 Å². The Morgan fingerprint density at radius 2 is 1.72 bits per heavy atom. The molecule has 136 valence electrons. The Balaban J connectivity index is 1.51. The Morgan fingerprint density at radius 3 is 2.28 bits per heavy atom. The van der Waals surface area contributed by atoms with E-state index in [1.165, 1.54) is 16.9 Å². The third-order valence-electron chi connectivity index (χ3n) is 4.52. The van der Waals surface area contributed by atoms with Crippen LogP contribution in [0.4, 0.5) is 0 Å². The Kier molecular flexibility index (Phi) is 5.78. The first-order valence-corrected chi connectivity index (χ1v) is 10.7. The van der Waals surface area contributed by atoms with Crippen LogP contribution in [0, 0.1) is 6.92 Å². The molecule has 0 N–H and O–H groups in total. The Labute approximate surface area is 153 Å². The number of hydrogen-bond donors (Lipinski definition) is 0. The fraction of sp³-hybridized carbons (Fsp3) is 0.444. The van der Waals surface area contributed by atoms with Crippen molar-refractivity contribution in [1.82, 2.24) is 9.21 Å². The van der Waals surface area contributed by atoms with E-state index in [0.29, 0.717) is 17.3 Å². The number of ether oxygens (including phenoxy) is 1. The summed E-state index contributed by atoms with van der Waals surface area (Å²) < 4.78 is 32.5. The van der Waals surface area contributed by atoms with Crippen LogP contribution in [0.15, 0.2) is 40.6 Å². The monoisotopic (exact) mass is 380 g/mol. The molecule has 1 aliphatic rings. The van der Waals surface area contributed by atoms with Gasteiger partial charge in [0, 0.05) is 37.6 Å². The normalized spacial score (nSPS) is 16.9. The van der Waals surface area contributed by atoms with E-state index in [9.17, 15) is 8.42 Å². The van der Waals surface area contributed by atoms with Gasteiger partial charge < -0.3 is 9.64 Å². The first kappa shape index (κ1) is 18.4. The molecule has 0 atom stereocenters. The highest BCUT2D eigenvalue weighted by atomic mass is 32.2. The van der Waals surface area contributed by atoms with E-state index in [0.717, 1.165) is 36.7 Å². The molecule has 1 saturated heterocycles. The van der Waals surface area contributed by atoms with Gasteiger partial charge in [0.05, 0.1) is 7.11 Å². The van der Waals surface area contributed by atoms with Gasteiger partial charge in [-0.1, -0.05) is 12.1 Å². The highest BCUT2D eigenvalue weighted by Crippen LogP contribution is 2.25. The fourth-order valence-electron chi connectivity index (χ4n) is 2.95. The van der Waals surface area contributed by atoms with E-state index in [1.807, 2.05) is 25.1 Å². The number of rotatable bonds is 6. The maximum absolute atomic E-state index is 12.7. The minimum atomic E-state index is -3.33. The zero-order chi connectivity index (χ0) is 17.9. The standard InChI is InChI=1S/C18H24N2O3S2/c1-15-3-8-18(24-15)25(21,22)20-13-11-19(12-14-20)10-9-16-4-6-17(23-2)7-5-16/h3-8H,9-14H2,1-2H3. The van der Waals surface area contributed by atoms with Crippen LogP contribution in [0.1, 0.15) is 10.4 Å². The lowest BCUT2D eigenvalue weighted by Gasteiger charge is -2.33. The van der Waals surface area contributed by atoms with Gasteiger partial charge in [0.25, 0.3) is 10.0 Å². The molecule has 0 saturated carbocycles. The van der Waals surface area contributed by atoms with Crippen molar-refractivity contribution in [3.63, 3.8) is 0 Å². The molecule has 0 radical (unpaired) electrons. The quantitative estimate of drug-likeness (QED) is 0.773. The number of methoxy groups -OCH3 is 1. The molecule has 2 heterocycles. The van der Waals surface area contributed by atoms with Crippen molar-refractivity contribution in [3.05, 3.63) is 46.8 Å². The van der Waals surface area contributed by atoms with Gasteiger partial charge in [-0.3, -0.25) is 0 Å². The molecular formula is C18H24N2O3S2. The summed E-state index contributed by atoms with van der Waals surface area (Å²) in [5.41, 5.74) is 1.27. The van der Waals surface area contributed by atoms with E-state index < -0.39 is 10.0 Å². The van der Waals surface area contributed by atoms with Gasteiger partial charge in [0.1, 0.15) is 9.96 Å². The van der Waals surface area contributed by atoms with E-state index in [4.69, 9.17) is 4.74 Å². The van der Waals surface area contributed by atoms with Gasteiger partial charge in [0.15, 0.2) is 0 Å². The molecule has 1 aliphatic heterocycles. The Morgan fingerprint density at radius 1 is 1.04 bits per heavy atom. The zero-order valence-electron chi connectivity index (χ0n) is 14.6. The van der Waals surface area contributed by atoms with E-state index >= 15 is 0 Å². The van der Waals surface area contributed by atoms with E-state index in [2.05, 4.69) is 17.0 Å². The molecule has 5 nitrogen and oxygen atoms in total. The third kappa shape index (κ3) is 4.41. The second kappa shape index (κ2) is 7.86. The third-order valence-corrected chi connectivity index (χ3v) is 7.88. The number of aryl methyl sites for hydroxylation is 1. The summed E-state index contributed by atoms with van der Waals surface area (Å²) in [4.78, 5) is 3.35. The topological polar surface area (TPSA) is 49.9 Å². The Hall–Kier alpha value is -1.41. The molecule has 0 aliphatic carbocycles. The molecule has 1 aromatic carbocycles. The second-order valence-corrected chi connectivity index (χ2v) is 9.66. The molecule has 1 fully saturated rings. The van der Waals surface area contributed by atoms with Crippen LogP contribution >= 0.6 is 11.3 Å². The summed E-state index contributed by atoms with van der Waals surface area (Å²) in [6.07, 6.45) is 0.959. The van der Waals surface area contributed by atoms with Crippen LogP contribution in [-0.4, -0.2) is 57.5 Å². The predicted molar refractivity (Wildman–Crippen MR) is 101 cm³/mol. The van der Waals surface area contributed by atoms with Crippen molar-refractivity contribution in [2.45, 2.75) is 17.6 Å². The van der Waals surface area contributed by atoms with Crippen molar-refractivity contribution in [2.75, 3.05) is 39.8 Å².